The Morgan fingerprint density at radius 2 is 1.82 bits per heavy atom. The van der Waals surface area contributed by atoms with Crippen LogP contribution in [0.4, 0.5) is 11.4 Å². The number of carbonyl (C=O) groups excluding carboxylic acids is 2. The number of amides is 1. The van der Waals surface area contributed by atoms with Gasteiger partial charge in [0.25, 0.3) is 15.7 Å². The van der Waals surface area contributed by atoms with E-state index in [1.165, 1.54) is 37.3 Å². The van der Waals surface area contributed by atoms with Crippen LogP contribution in [0.3, 0.4) is 0 Å². The number of rotatable bonds is 8. The van der Waals surface area contributed by atoms with Gasteiger partial charge in [-0.25, -0.2) is 17.5 Å². The lowest BCUT2D eigenvalue weighted by atomic mass is 10.1. The number of benzene rings is 2. The predicted molar refractivity (Wildman–Crippen MR) is 124 cm³/mol. The summed E-state index contributed by atoms with van der Waals surface area (Å²) in [5.41, 5.74) is 0.245. The number of non-ortho nitro benzene ring substituents is 1. The average molecular weight is 489 g/mol. The number of nitrogens with zero attached hydrogens (tertiary/aromatic N) is 2. The molecular formula is C23H24N2O8S. The van der Waals surface area contributed by atoms with Crippen LogP contribution >= 0.6 is 0 Å². The predicted octanol–water partition coefficient (Wildman–Crippen LogP) is 4.66. The monoisotopic (exact) mass is 488 g/mol. The summed E-state index contributed by atoms with van der Waals surface area (Å²) in [4.78, 5) is 35.7. The van der Waals surface area contributed by atoms with Crippen molar-refractivity contribution in [2.45, 2.75) is 45.4 Å². The Morgan fingerprint density at radius 1 is 1.12 bits per heavy atom. The number of nitro groups is 1. The number of furan rings is 1. The Bertz CT molecular complexity index is 1390. The van der Waals surface area contributed by atoms with Gasteiger partial charge >= 0.3 is 5.97 Å². The molecule has 0 saturated heterocycles. The molecule has 34 heavy (non-hydrogen) atoms. The van der Waals surface area contributed by atoms with Crippen LogP contribution in [0.15, 0.2) is 45.7 Å². The summed E-state index contributed by atoms with van der Waals surface area (Å²) in [6.45, 7) is 6.57. The third-order valence-electron chi connectivity index (χ3n) is 5.15. The van der Waals surface area contributed by atoms with Crippen LogP contribution in [0.5, 0.6) is 0 Å². The second kappa shape index (κ2) is 9.64. The average Bonchev–Trinajstić information content (AvgIpc) is 3.09. The molecule has 11 heteroatoms. The van der Waals surface area contributed by atoms with E-state index in [0.717, 1.165) is 6.07 Å². The minimum atomic E-state index is -4.53. The number of anilines is 1. The minimum absolute atomic E-state index is 0.0248. The molecule has 0 aliphatic rings. The van der Waals surface area contributed by atoms with Gasteiger partial charge in [0.1, 0.15) is 16.9 Å². The van der Waals surface area contributed by atoms with Gasteiger partial charge in [-0.05, 0) is 51.0 Å². The van der Waals surface area contributed by atoms with Crippen LogP contribution in [0, 0.1) is 24.0 Å². The molecule has 3 rings (SSSR count). The van der Waals surface area contributed by atoms with Crippen LogP contribution < -0.4 is 4.31 Å². The summed E-state index contributed by atoms with van der Waals surface area (Å²) in [6, 6.07) is 7.66. The molecule has 0 N–H and O–H groups in total. The summed E-state index contributed by atoms with van der Waals surface area (Å²) in [5.74, 6) is -1.07. The largest absolute Gasteiger partial charge is 0.462 e. The molecule has 0 radical (unpaired) electrons. The lowest BCUT2D eigenvalue weighted by Crippen LogP contribution is -2.37. The highest BCUT2D eigenvalue weighted by Gasteiger charge is 2.33. The van der Waals surface area contributed by atoms with Crippen LogP contribution in [-0.2, 0) is 19.6 Å². The molecule has 1 heterocycles. The number of aryl methyl sites for hydroxylation is 2. The van der Waals surface area contributed by atoms with E-state index in [2.05, 4.69) is 0 Å². The van der Waals surface area contributed by atoms with Crippen molar-refractivity contribution in [1.82, 2.24) is 0 Å². The molecule has 0 bridgehead atoms. The zero-order chi connectivity index (χ0) is 25.2. The Morgan fingerprint density at radius 3 is 2.44 bits per heavy atom. The Hall–Kier alpha value is -3.73. The third-order valence-corrected chi connectivity index (χ3v) is 7.04. The van der Waals surface area contributed by atoms with Gasteiger partial charge in [-0.1, -0.05) is 13.0 Å². The maximum Gasteiger partial charge on any atom is 0.342 e. The maximum absolute atomic E-state index is 13.7. The van der Waals surface area contributed by atoms with Gasteiger partial charge in [0.15, 0.2) is 0 Å². The van der Waals surface area contributed by atoms with E-state index >= 15 is 0 Å². The summed E-state index contributed by atoms with van der Waals surface area (Å²) >= 11 is 0. The van der Waals surface area contributed by atoms with Gasteiger partial charge in [0.05, 0.1) is 22.1 Å². The van der Waals surface area contributed by atoms with Gasteiger partial charge in [-0.15, -0.1) is 0 Å². The number of hydrogen-bond donors (Lipinski definition) is 0. The second-order valence-corrected chi connectivity index (χ2v) is 9.31. The molecular weight excluding hydrogens is 464 g/mol. The number of hydrogen-bond acceptors (Lipinski definition) is 8. The lowest BCUT2D eigenvalue weighted by molar-refractivity contribution is -0.385. The summed E-state index contributed by atoms with van der Waals surface area (Å²) in [7, 11) is -4.53. The topological polar surface area (TPSA) is 137 Å². The van der Waals surface area contributed by atoms with Gasteiger partial charge in [0, 0.05) is 23.9 Å². The van der Waals surface area contributed by atoms with Gasteiger partial charge in [0.2, 0.25) is 5.91 Å². The van der Waals surface area contributed by atoms with Crippen molar-refractivity contribution < 1.29 is 32.1 Å². The summed E-state index contributed by atoms with van der Waals surface area (Å²) < 4.78 is 38.7. The van der Waals surface area contributed by atoms with Crippen LogP contribution in [0.2, 0.25) is 0 Å². The van der Waals surface area contributed by atoms with Crippen LogP contribution in [0.1, 0.15) is 48.4 Å². The SMILES string of the molecule is CCCC(=O)N(c1ccc2oc(C)c(C(=O)OCC)c2c1)S(=O)(=O)c1cc([N+](=O)[O-])ccc1C. The third kappa shape index (κ3) is 4.51. The highest BCUT2D eigenvalue weighted by Crippen LogP contribution is 2.34. The molecule has 0 saturated carbocycles. The quantitative estimate of drug-likeness (QED) is 0.254. The fourth-order valence-corrected chi connectivity index (χ4v) is 5.29. The van der Waals surface area contributed by atoms with E-state index in [-0.39, 0.29) is 45.9 Å². The molecule has 0 fully saturated rings. The van der Waals surface area contributed by atoms with Crippen molar-refractivity contribution in [2.24, 2.45) is 0 Å². The van der Waals surface area contributed by atoms with E-state index < -0.39 is 32.5 Å². The number of ether oxygens (including phenoxy) is 1. The smallest absolute Gasteiger partial charge is 0.342 e. The lowest BCUT2D eigenvalue weighted by Gasteiger charge is -2.23. The highest BCUT2D eigenvalue weighted by atomic mass is 32.2. The number of sulfonamides is 1. The maximum atomic E-state index is 13.7. The van der Waals surface area contributed by atoms with Crippen LogP contribution in [-0.4, -0.2) is 31.8 Å². The zero-order valence-electron chi connectivity index (χ0n) is 19.2. The molecule has 10 nitrogen and oxygen atoms in total. The molecule has 0 aliphatic carbocycles. The van der Waals surface area contributed by atoms with E-state index in [9.17, 15) is 28.1 Å². The number of carbonyl (C=O) groups is 2. The van der Waals surface area contributed by atoms with E-state index in [1.807, 2.05) is 0 Å². The van der Waals surface area contributed by atoms with Crippen molar-refractivity contribution in [3.63, 3.8) is 0 Å². The zero-order valence-corrected chi connectivity index (χ0v) is 20.0. The van der Waals surface area contributed by atoms with E-state index in [4.69, 9.17) is 9.15 Å². The molecule has 0 atom stereocenters. The molecule has 1 amide bonds. The van der Waals surface area contributed by atoms with Crippen molar-refractivity contribution in [2.75, 3.05) is 10.9 Å². The first kappa shape index (κ1) is 24.9. The van der Waals surface area contributed by atoms with Crippen molar-refractivity contribution in [3.05, 3.63) is 63.4 Å². The van der Waals surface area contributed by atoms with Crippen molar-refractivity contribution in [3.8, 4) is 0 Å². The molecule has 0 spiro atoms. The number of esters is 1. The molecule has 0 aliphatic heterocycles. The first-order valence-electron chi connectivity index (χ1n) is 10.6. The molecule has 1 aromatic heterocycles. The van der Waals surface area contributed by atoms with Crippen molar-refractivity contribution >= 4 is 44.2 Å². The molecule has 0 unspecified atom stereocenters. The fraction of sp³-hybridized carbons (Fsp3) is 0.304. The Kier molecular flexibility index (Phi) is 7.06. The van der Waals surface area contributed by atoms with Gasteiger partial charge in [-0.3, -0.25) is 14.9 Å². The first-order chi connectivity index (χ1) is 16.0. The fourth-order valence-electron chi connectivity index (χ4n) is 3.60. The second-order valence-electron chi connectivity index (χ2n) is 7.55. The first-order valence-corrected chi connectivity index (χ1v) is 12.0. The van der Waals surface area contributed by atoms with Crippen LogP contribution in [0.25, 0.3) is 11.0 Å². The summed E-state index contributed by atoms with van der Waals surface area (Å²) in [6.07, 6.45) is 0.292. The van der Waals surface area contributed by atoms with Crippen molar-refractivity contribution in [1.29, 1.82) is 0 Å². The van der Waals surface area contributed by atoms with Gasteiger partial charge in [-0.2, -0.15) is 0 Å². The normalized spacial score (nSPS) is 11.4. The van der Waals surface area contributed by atoms with E-state index in [1.54, 1.807) is 20.8 Å². The number of nitro benzene ring substituents is 1. The highest BCUT2D eigenvalue weighted by molar-refractivity contribution is 7.93. The molecule has 3 aromatic rings. The molecule has 180 valence electrons. The minimum Gasteiger partial charge on any atom is -0.462 e. The Balaban J connectivity index is 2.26. The Labute approximate surface area is 196 Å². The summed E-state index contributed by atoms with van der Waals surface area (Å²) in [5, 5.41) is 11.5. The standard InChI is InChI=1S/C23H24N2O8S/c1-5-7-21(26)24(34(30,31)20-13-17(25(28)29)9-8-14(20)3)16-10-11-19-18(12-16)22(15(4)33-19)23(27)32-6-2/h8-13H,5-7H2,1-4H3. The van der Waals surface area contributed by atoms with E-state index in [0.29, 0.717) is 16.3 Å². The molecule has 2 aromatic carbocycles. The van der Waals surface area contributed by atoms with Gasteiger partial charge < -0.3 is 9.15 Å². The number of fused-ring (bicyclic) bond motifs is 1.